The van der Waals surface area contributed by atoms with Gasteiger partial charge in [0.15, 0.2) is 0 Å². The van der Waals surface area contributed by atoms with E-state index in [2.05, 4.69) is 24.6 Å². The molecule has 0 saturated carbocycles. The van der Waals surface area contributed by atoms with E-state index < -0.39 is 10.0 Å². The lowest BCUT2D eigenvalue weighted by Gasteiger charge is -2.21. The standard InChI is InChI=1S/C21H21NO2S/c1-4-6-16-22(17-19(5-2)20-10-8-7-9-11-20)25(23,24)21-14-12-18(3)13-15-21/h6-15H,1-2,16-17H2,3H3. The number of benzene rings is 2. The van der Waals surface area contributed by atoms with Crippen molar-refractivity contribution in [1.29, 1.82) is 0 Å². The van der Waals surface area contributed by atoms with Crippen molar-refractivity contribution in [3.8, 4) is 0 Å². The van der Waals surface area contributed by atoms with E-state index in [-0.39, 0.29) is 18.0 Å². The maximum absolute atomic E-state index is 13.0. The zero-order valence-corrected chi connectivity index (χ0v) is 15.1. The Bertz CT molecular complexity index is 916. The molecule has 0 heterocycles. The molecule has 0 aliphatic rings. The summed E-state index contributed by atoms with van der Waals surface area (Å²) in [6.07, 6.45) is 1.59. The van der Waals surface area contributed by atoms with Gasteiger partial charge in [-0.25, -0.2) is 8.42 Å². The van der Waals surface area contributed by atoms with Gasteiger partial charge < -0.3 is 0 Å². The third-order valence-corrected chi connectivity index (χ3v) is 5.59. The molecule has 4 heteroatoms. The summed E-state index contributed by atoms with van der Waals surface area (Å²) in [5.74, 6) is 0. The zero-order chi connectivity index (χ0) is 18.3. The van der Waals surface area contributed by atoms with E-state index in [4.69, 9.17) is 0 Å². The second kappa shape index (κ2) is 8.48. The third kappa shape index (κ3) is 4.69. The second-order valence-corrected chi connectivity index (χ2v) is 7.48. The first-order valence-electron chi connectivity index (χ1n) is 7.84. The Balaban J connectivity index is 2.40. The van der Waals surface area contributed by atoms with Crippen molar-refractivity contribution in [2.24, 2.45) is 0 Å². The molecule has 0 N–H and O–H groups in total. The lowest BCUT2D eigenvalue weighted by molar-refractivity contribution is 0.478. The molecule has 2 aromatic carbocycles. The first-order chi connectivity index (χ1) is 12.0. The van der Waals surface area contributed by atoms with Crippen molar-refractivity contribution in [3.63, 3.8) is 0 Å². The van der Waals surface area contributed by atoms with Crippen LogP contribution in [0, 0.1) is 6.92 Å². The average Bonchev–Trinajstić information content (AvgIpc) is 2.63. The highest BCUT2D eigenvalue weighted by atomic mass is 32.2. The van der Waals surface area contributed by atoms with Crippen molar-refractivity contribution < 1.29 is 8.42 Å². The van der Waals surface area contributed by atoms with Gasteiger partial charge in [-0.15, -0.1) is 11.5 Å². The normalized spacial score (nSPS) is 10.8. The Kier molecular flexibility index (Phi) is 6.35. The Morgan fingerprint density at radius 2 is 1.72 bits per heavy atom. The molecule has 0 aromatic heterocycles. The molecule has 0 saturated heterocycles. The van der Waals surface area contributed by atoms with E-state index in [1.807, 2.05) is 37.3 Å². The van der Waals surface area contributed by atoms with E-state index in [1.165, 1.54) is 4.31 Å². The molecule has 2 aromatic rings. The van der Waals surface area contributed by atoms with Crippen LogP contribution in [0.2, 0.25) is 0 Å². The second-order valence-electron chi connectivity index (χ2n) is 5.54. The monoisotopic (exact) mass is 351 g/mol. The first-order valence-corrected chi connectivity index (χ1v) is 9.28. The predicted molar refractivity (Wildman–Crippen MR) is 103 cm³/mol. The van der Waals surface area contributed by atoms with Crippen LogP contribution < -0.4 is 0 Å². The quantitative estimate of drug-likeness (QED) is 0.701. The van der Waals surface area contributed by atoms with Gasteiger partial charge in [0.05, 0.1) is 4.90 Å². The highest BCUT2D eigenvalue weighted by Gasteiger charge is 2.24. The maximum Gasteiger partial charge on any atom is 0.243 e. The van der Waals surface area contributed by atoms with Crippen LogP contribution in [-0.2, 0) is 10.0 Å². The molecule has 3 nitrogen and oxygen atoms in total. The Labute approximate surface area is 150 Å². The van der Waals surface area contributed by atoms with Crippen LogP contribution in [0.15, 0.2) is 90.2 Å². The Morgan fingerprint density at radius 1 is 1.08 bits per heavy atom. The summed E-state index contributed by atoms with van der Waals surface area (Å²) in [6.45, 7) is 9.50. The van der Waals surface area contributed by atoms with Crippen molar-refractivity contribution >= 4 is 15.6 Å². The fourth-order valence-corrected chi connectivity index (χ4v) is 3.69. The summed E-state index contributed by atoms with van der Waals surface area (Å²) < 4.78 is 27.4. The molecule has 0 amide bonds. The third-order valence-electron chi connectivity index (χ3n) is 3.77. The minimum absolute atomic E-state index is 0.169. The lowest BCUT2D eigenvalue weighted by Crippen LogP contribution is -2.32. The summed E-state index contributed by atoms with van der Waals surface area (Å²) >= 11 is 0. The molecule has 0 fully saturated rings. The smallest absolute Gasteiger partial charge is 0.207 e. The Morgan fingerprint density at radius 3 is 2.28 bits per heavy atom. The molecule has 0 radical (unpaired) electrons. The topological polar surface area (TPSA) is 37.4 Å². The summed E-state index contributed by atoms with van der Waals surface area (Å²) in [4.78, 5) is 0.257. The van der Waals surface area contributed by atoms with Crippen LogP contribution in [0.3, 0.4) is 0 Å². The van der Waals surface area contributed by atoms with E-state index >= 15 is 0 Å². The van der Waals surface area contributed by atoms with Crippen LogP contribution in [0.4, 0.5) is 0 Å². The van der Waals surface area contributed by atoms with Crippen molar-refractivity contribution in [2.75, 3.05) is 13.1 Å². The first kappa shape index (κ1) is 18.7. The summed E-state index contributed by atoms with van der Waals surface area (Å²) in [5, 5.41) is 0. The van der Waals surface area contributed by atoms with Crippen molar-refractivity contribution in [2.45, 2.75) is 11.8 Å². The van der Waals surface area contributed by atoms with Gasteiger partial charge in [-0.05, 0) is 30.7 Å². The molecule has 0 spiro atoms. The SMILES string of the molecule is C=C=CCN(CC(=C=C)c1ccccc1)S(=O)(=O)c1ccc(C)cc1. The molecule has 128 valence electrons. The van der Waals surface area contributed by atoms with E-state index in [0.29, 0.717) is 5.57 Å². The number of nitrogens with zero attached hydrogens (tertiary/aromatic N) is 1. The fraction of sp³-hybridized carbons (Fsp3) is 0.143. The van der Waals surface area contributed by atoms with Gasteiger partial charge in [-0.2, -0.15) is 4.31 Å². The number of aryl methyl sites for hydroxylation is 1. The van der Waals surface area contributed by atoms with Gasteiger partial charge in [0.1, 0.15) is 0 Å². The Hall–Kier alpha value is -2.61. The molecule has 0 unspecified atom stereocenters. The van der Waals surface area contributed by atoms with Gasteiger partial charge in [0, 0.05) is 18.7 Å². The number of sulfonamides is 1. The van der Waals surface area contributed by atoms with Crippen LogP contribution in [-0.4, -0.2) is 25.8 Å². The number of rotatable bonds is 7. The summed E-state index contributed by atoms with van der Waals surface area (Å²) in [6, 6.07) is 16.3. The van der Waals surface area contributed by atoms with Crippen LogP contribution in [0.5, 0.6) is 0 Å². The van der Waals surface area contributed by atoms with Gasteiger partial charge in [0.2, 0.25) is 10.0 Å². The number of hydrogen-bond donors (Lipinski definition) is 0. The van der Waals surface area contributed by atoms with E-state index in [0.717, 1.165) is 11.1 Å². The highest BCUT2D eigenvalue weighted by molar-refractivity contribution is 7.89. The van der Waals surface area contributed by atoms with E-state index in [1.54, 1.807) is 30.3 Å². The van der Waals surface area contributed by atoms with Crippen molar-refractivity contribution in [1.82, 2.24) is 4.31 Å². The summed E-state index contributed by atoms with van der Waals surface area (Å²) in [5.41, 5.74) is 8.12. The summed E-state index contributed by atoms with van der Waals surface area (Å²) in [7, 11) is -3.66. The predicted octanol–water partition coefficient (Wildman–Crippen LogP) is 4.20. The maximum atomic E-state index is 13.0. The van der Waals surface area contributed by atoms with Crippen molar-refractivity contribution in [3.05, 3.63) is 96.4 Å². The molecule has 0 aliphatic carbocycles. The minimum atomic E-state index is -3.66. The van der Waals surface area contributed by atoms with Gasteiger partial charge in [0.25, 0.3) is 0 Å². The molecule has 0 bridgehead atoms. The average molecular weight is 351 g/mol. The fourth-order valence-electron chi connectivity index (χ4n) is 2.34. The van der Waals surface area contributed by atoms with Crippen LogP contribution in [0.1, 0.15) is 11.1 Å². The van der Waals surface area contributed by atoms with Gasteiger partial charge in [-0.3, -0.25) is 0 Å². The van der Waals surface area contributed by atoms with E-state index in [9.17, 15) is 8.42 Å². The molecular formula is C21H21NO2S. The number of hydrogen-bond acceptors (Lipinski definition) is 2. The molecule has 2 rings (SSSR count). The minimum Gasteiger partial charge on any atom is -0.207 e. The molecule has 0 aliphatic heterocycles. The molecule has 0 atom stereocenters. The highest BCUT2D eigenvalue weighted by Crippen LogP contribution is 2.21. The van der Waals surface area contributed by atoms with Crippen LogP contribution in [0.25, 0.3) is 5.57 Å². The van der Waals surface area contributed by atoms with Gasteiger partial charge in [-0.1, -0.05) is 61.2 Å². The zero-order valence-electron chi connectivity index (χ0n) is 14.3. The molecule has 25 heavy (non-hydrogen) atoms. The molecular weight excluding hydrogens is 330 g/mol. The largest absolute Gasteiger partial charge is 0.243 e. The van der Waals surface area contributed by atoms with Gasteiger partial charge >= 0.3 is 0 Å². The lowest BCUT2D eigenvalue weighted by atomic mass is 10.1. The van der Waals surface area contributed by atoms with Crippen LogP contribution >= 0.6 is 0 Å².